The van der Waals surface area contributed by atoms with Crippen molar-refractivity contribution in [2.45, 2.75) is 45.1 Å². The fourth-order valence-electron chi connectivity index (χ4n) is 2.52. The van der Waals surface area contributed by atoms with E-state index >= 15 is 0 Å². The van der Waals surface area contributed by atoms with E-state index in [9.17, 15) is 0 Å². The number of hydrogen-bond acceptors (Lipinski definition) is 3. The molecule has 0 amide bonds. The van der Waals surface area contributed by atoms with Crippen LogP contribution in [0.2, 0.25) is 0 Å². The number of benzene rings is 1. The molecule has 0 aliphatic heterocycles. The lowest BCUT2D eigenvalue weighted by Crippen LogP contribution is -2.59. The minimum atomic E-state index is 0.189. The van der Waals surface area contributed by atoms with Crippen LogP contribution in [0.4, 0.5) is 0 Å². The molecule has 1 fully saturated rings. The maximum atomic E-state index is 5.62. The third kappa shape index (κ3) is 2.91. The van der Waals surface area contributed by atoms with Crippen LogP contribution in [0.15, 0.2) is 24.3 Å². The minimum Gasteiger partial charge on any atom is -0.377 e. The molecule has 3 unspecified atom stereocenters. The summed E-state index contributed by atoms with van der Waals surface area (Å²) in [5.74, 6) is 0. The van der Waals surface area contributed by atoms with E-state index in [0.29, 0.717) is 6.04 Å². The highest BCUT2D eigenvalue weighted by Gasteiger charge is 2.41. The molecule has 1 saturated carbocycles. The molecule has 0 heterocycles. The molecule has 0 bridgehead atoms. The topological polar surface area (TPSA) is 30.5 Å². The van der Waals surface area contributed by atoms with Crippen molar-refractivity contribution in [3.63, 3.8) is 0 Å². The van der Waals surface area contributed by atoms with Crippen LogP contribution < -0.4 is 5.32 Å². The zero-order valence-corrected chi connectivity index (χ0v) is 11.5. The van der Waals surface area contributed by atoms with E-state index < -0.39 is 0 Å². The van der Waals surface area contributed by atoms with E-state index in [-0.39, 0.29) is 12.2 Å². The van der Waals surface area contributed by atoms with Crippen molar-refractivity contribution in [3.8, 4) is 0 Å². The first-order chi connectivity index (χ1) is 8.76. The molecule has 0 aromatic heterocycles. The van der Waals surface area contributed by atoms with Crippen molar-refractivity contribution in [1.29, 1.82) is 0 Å². The summed E-state index contributed by atoms with van der Waals surface area (Å²) in [7, 11) is 1.76. The summed E-state index contributed by atoms with van der Waals surface area (Å²) in [6, 6.07) is 8.88. The highest BCUT2D eigenvalue weighted by atomic mass is 16.5. The van der Waals surface area contributed by atoms with E-state index in [0.717, 1.165) is 19.6 Å². The molecular formula is C15H23NO2. The zero-order valence-electron chi connectivity index (χ0n) is 11.5. The van der Waals surface area contributed by atoms with Crippen molar-refractivity contribution in [1.82, 2.24) is 5.32 Å². The van der Waals surface area contributed by atoms with Gasteiger partial charge in [0.15, 0.2) is 0 Å². The predicted octanol–water partition coefficient (Wildman–Crippen LogP) is 2.28. The Morgan fingerprint density at radius 3 is 2.78 bits per heavy atom. The van der Waals surface area contributed by atoms with Gasteiger partial charge in [0, 0.05) is 26.3 Å². The summed E-state index contributed by atoms with van der Waals surface area (Å²) >= 11 is 0. The van der Waals surface area contributed by atoms with Crippen molar-refractivity contribution in [3.05, 3.63) is 35.4 Å². The number of rotatable bonds is 6. The van der Waals surface area contributed by atoms with Gasteiger partial charge in [-0.25, -0.2) is 0 Å². The molecule has 0 radical (unpaired) electrons. The Kier molecular flexibility index (Phi) is 4.75. The van der Waals surface area contributed by atoms with E-state index in [2.05, 4.69) is 36.5 Å². The van der Waals surface area contributed by atoms with Gasteiger partial charge in [-0.05, 0) is 31.4 Å². The molecule has 1 aromatic rings. The first kappa shape index (κ1) is 13.5. The van der Waals surface area contributed by atoms with Crippen LogP contribution in [0.5, 0.6) is 0 Å². The standard InChI is InChI=1S/C15H23NO2/c1-4-18-14-9-13(15(14)17-3)16-10-12-8-6-5-7-11(12)2/h5-8,13-16H,4,9-10H2,1-3H3. The Balaban J connectivity index is 1.83. The molecule has 1 aliphatic carbocycles. The van der Waals surface area contributed by atoms with Crippen molar-refractivity contribution >= 4 is 0 Å². The lowest BCUT2D eigenvalue weighted by Gasteiger charge is -2.43. The highest BCUT2D eigenvalue weighted by Crippen LogP contribution is 2.27. The highest BCUT2D eigenvalue weighted by molar-refractivity contribution is 5.25. The van der Waals surface area contributed by atoms with Gasteiger partial charge in [0.05, 0.1) is 12.2 Å². The first-order valence-corrected chi connectivity index (χ1v) is 6.68. The van der Waals surface area contributed by atoms with Gasteiger partial charge in [0.1, 0.15) is 0 Å². The molecule has 1 aromatic carbocycles. The number of aryl methyl sites for hydroxylation is 1. The summed E-state index contributed by atoms with van der Waals surface area (Å²) in [6.45, 7) is 5.83. The fourth-order valence-corrected chi connectivity index (χ4v) is 2.52. The van der Waals surface area contributed by atoms with Crippen LogP contribution in [-0.4, -0.2) is 32.0 Å². The molecule has 100 valence electrons. The molecule has 1 N–H and O–H groups in total. The fraction of sp³-hybridized carbons (Fsp3) is 0.600. The third-order valence-electron chi connectivity index (χ3n) is 3.72. The van der Waals surface area contributed by atoms with Crippen molar-refractivity contribution in [2.75, 3.05) is 13.7 Å². The number of nitrogens with one attached hydrogen (secondary N) is 1. The van der Waals surface area contributed by atoms with Crippen LogP contribution in [0, 0.1) is 6.92 Å². The van der Waals surface area contributed by atoms with Gasteiger partial charge >= 0.3 is 0 Å². The maximum absolute atomic E-state index is 5.62. The summed E-state index contributed by atoms with van der Waals surface area (Å²) in [6.07, 6.45) is 1.49. The Bertz CT molecular complexity index is 381. The van der Waals surface area contributed by atoms with Gasteiger partial charge in [-0.3, -0.25) is 0 Å². The molecule has 2 rings (SSSR count). The van der Waals surface area contributed by atoms with Crippen LogP contribution in [0.3, 0.4) is 0 Å². The second-order valence-electron chi connectivity index (χ2n) is 4.84. The molecule has 18 heavy (non-hydrogen) atoms. The molecular weight excluding hydrogens is 226 g/mol. The van der Waals surface area contributed by atoms with Crippen LogP contribution in [0.25, 0.3) is 0 Å². The molecule has 0 spiro atoms. The Labute approximate surface area is 109 Å². The number of hydrogen-bond donors (Lipinski definition) is 1. The number of ether oxygens (including phenoxy) is 2. The van der Waals surface area contributed by atoms with Crippen LogP contribution in [-0.2, 0) is 16.0 Å². The Morgan fingerprint density at radius 1 is 1.33 bits per heavy atom. The smallest absolute Gasteiger partial charge is 0.0986 e. The minimum absolute atomic E-state index is 0.189. The van der Waals surface area contributed by atoms with Crippen molar-refractivity contribution < 1.29 is 9.47 Å². The summed E-state index contributed by atoms with van der Waals surface area (Å²) < 4.78 is 11.1. The quantitative estimate of drug-likeness (QED) is 0.839. The summed E-state index contributed by atoms with van der Waals surface area (Å²) in [5, 5.41) is 3.56. The largest absolute Gasteiger partial charge is 0.377 e. The van der Waals surface area contributed by atoms with Gasteiger partial charge < -0.3 is 14.8 Å². The van der Waals surface area contributed by atoms with E-state index in [1.165, 1.54) is 11.1 Å². The maximum Gasteiger partial charge on any atom is 0.0986 e. The van der Waals surface area contributed by atoms with Gasteiger partial charge in [0.2, 0.25) is 0 Å². The van der Waals surface area contributed by atoms with Gasteiger partial charge in [-0.2, -0.15) is 0 Å². The number of methoxy groups -OCH3 is 1. The second kappa shape index (κ2) is 6.32. The van der Waals surface area contributed by atoms with Crippen LogP contribution >= 0.6 is 0 Å². The second-order valence-corrected chi connectivity index (χ2v) is 4.84. The monoisotopic (exact) mass is 249 g/mol. The molecule has 1 aliphatic rings. The van der Waals surface area contributed by atoms with Crippen molar-refractivity contribution in [2.24, 2.45) is 0 Å². The van der Waals surface area contributed by atoms with Gasteiger partial charge in [-0.1, -0.05) is 24.3 Å². The third-order valence-corrected chi connectivity index (χ3v) is 3.72. The van der Waals surface area contributed by atoms with Gasteiger partial charge in [-0.15, -0.1) is 0 Å². The molecule has 0 saturated heterocycles. The Morgan fingerprint density at radius 2 is 2.11 bits per heavy atom. The van der Waals surface area contributed by atoms with E-state index in [1.54, 1.807) is 7.11 Å². The predicted molar refractivity (Wildman–Crippen MR) is 72.6 cm³/mol. The SMILES string of the molecule is CCOC1CC(NCc2ccccc2C)C1OC. The first-order valence-electron chi connectivity index (χ1n) is 6.68. The van der Waals surface area contributed by atoms with E-state index in [1.807, 2.05) is 6.92 Å². The normalized spacial score (nSPS) is 26.9. The van der Waals surface area contributed by atoms with Gasteiger partial charge in [0.25, 0.3) is 0 Å². The average molecular weight is 249 g/mol. The molecule has 3 atom stereocenters. The Hall–Kier alpha value is -0.900. The molecule has 3 heteroatoms. The van der Waals surface area contributed by atoms with E-state index in [4.69, 9.17) is 9.47 Å². The zero-order chi connectivity index (χ0) is 13.0. The summed E-state index contributed by atoms with van der Waals surface area (Å²) in [4.78, 5) is 0. The van der Waals surface area contributed by atoms with Crippen LogP contribution in [0.1, 0.15) is 24.5 Å². The average Bonchev–Trinajstić information content (AvgIpc) is 2.35. The lowest BCUT2D eigenvalue weighted by molar-refractivity contribution is -0.131. The molecule has 3 nitrogen and oxygen atoms in total. The lowest BCUT2D eigenvalue weighted by atomic mass is 9.85. The summed E-state index contributed by atoms with van der Waals surface area (Å²) in [5.41, 5.74) is 2.69.